The van der Waals surface area contributed by atoms with E-state index < -0.39 is 0 Å². The number of nitrogens with zero attached hydrogens (tertiary/aromatic N) is 3. The van der Waals surface area contributed by atoms with Gasteiger partial charge in [0.15, 0.2) is 5.13 Å². The molecular weight excluding hydrogens is 458 g/mol. The average molecular weight is 482 g/mol. The van der Waals surface area contributed by atoms with Gasteiger partial charge in [0.1, 0.15) is 0 Å². The molecule has 2 aromatic heterocycles. The Bertz CT molecular complexity index is 1220. The van der Waals surface area contributed by atoms with Gasteiger partial charge >= 0.3 is 0 Å². The van der Waals surface area contributed by atoms with Gasteiger partial charge in [-0.25, -0.2) is 4.98 Å². The highest BCUT2D eigenvalue weighted by Crippen LogP contribution is 2.34. The van der Waals surface area contributed by atoms with Crippen LogP contribution in [0.25, 0.3) is 10.2 Å². The molecule has 0 bridgehead atoms. The Morgan fingerprint density at radius 1 is 1.12 bits per heavy atom. The van der Waals surface area contributed by atoms with Gasteiger partial charge in [-0.2, -0.15) is 0 Å². The summed E-state index contributed by atoms with van der Waals surface area (Å²) >= 11 is 9.62. The van der Waals surface area contributed by atoms with Gasteiger partial charge in [0.05, 0.1) is 23.2 Å². The summed E-state index contributed by atoms with van der Waals surface area (Å²) in [5.41, 5.74) is 3.72. The summed E-state index contributed by atoms with van der Waals surface area (Å²) in [5, 5.41) is 1.87. The third-order valence-electron chi connectivity index (χ3n) is 4.98. The molecule has 0 aliphatic carbocycles. The molecule has 0 atom stereocenters. The second-order valence-electron chi connectivity index (χ2n) is 7.84. The molecule has 164 valence electrons. The number of rotatable bonds is 7. The zero-order chi connectivity index (χ0) is 22.7. The van der Waals surface area contributed by atoms with Crippen LogP contribution in [0.3, 0.4) is 0 Å². The molecule has 0 saturated carbocycles. The maximum atomic E-state index is 13.4. The minimum absolute atomic E-state index is 0.000854. The number of aryl methyl sites for hydroxylation is 1. The first-order valence-electron chi connectivity index (χ1n) is 10.4. The number of benzene rings is 2. The summed E-state index contributed by atoms with van der Waals surface area (Å²) < 4.78 is 1.01. The molecule has 2 aromatic carbocycles. The van der Waals surface area contributed by atoms with E-state index in [2.05, 4.69) is 31.0 Å². The molecule has 2 heterocycles. The van der Waals surface area contributed by atoms with Gasteiger partial charge in [-0.15, -0.1) is 11.8 Å². The number of halogens is 1. The minimum atomic E-state index is 0.000854. The van der Waals surface area contributed by atoms with E-state index in [1.165, 1.54) is 16.2 Å². The first kappa shape index (κ1) is 22.8. The van der Waals surface area contributed by atoms with Gasteiger partial charge in [0.2, 0.25) is 5.91 Å². The highest BCUT2D eigenvalue weighted by molar-refractivity contribution is 7.99. The molecule has 1 amide bonds. The van der Waals surface area contributed by atoms with Crippen molar-refractivity contribution in [3.63, 3.8) is 0 Å². The predicted molar refractivity (Wildman–Crippen MR) is 136 cm³/mol. The monoisotopic (exact) mass is 481 g/mol. The van der Waals surface area contributed by atoms with Crippen molar-refractivity contribution in [1.29, 1.82) is 0 Å². The molecule has 4 aromatic rings. The average Bonchev–Trinajstić information content (AvgIpc) is 3.21. The third-order valence-corrected chi connectivity index (χ3v) is 7.45. The molecule has 32 heavy (non-hydrogen) atoms. The molecule has 0 unspecified atom stereocenters. The fourth-order valence-corrected chi connectivity index (χ4v) is 5.40. The number of anilines is 1. The number of thiazole rings is 1. The van der Waals surface area contributed by atoms with Gasteiger partial charge in [-0.05, 0) is 53.9 Å². The second kappa shape index (κ2) is 10.0. The zero-order valence-electron chi connectivity index (χ0n) is 18.2. The highest BCUT2D eigenvalue weighted by atomic mass is 35.5. The smallest absolute Gasteiger partial charge is 0.233 e. The Hall–Kier alpha value is -2.41. The Morgan fingerprint density at radius 3 is 2.59 bits per heavy atom. The van der Waals surface area contributed by atoms with Gasteiger partial charge in [-0.3, -0.25) is 14.7 Å². The molecule has 0 N–H and O–H groups in total. The molecule has 4 rings (SSSR count). The van der Waals surface area contributed by atoms with Crippen molar-refractivity contribution in [2.75, 3.05) is 4.90 Å². The number of pyridine rings is 1. The van der Waals surface area contributed by atoms with Crippen LogP contribution in [0.2, 0.25) is 5.02 Å². The Kier molecular flexibility index (Phi) is 7.13. The summed E-state index contributed by atoms with van der Waals surface area (Å²) in [6.45, 7) is 6.72. The summed E-state index contributed by atoms with van der Waals surface area (Å²) in [4.78, 5) is 25.4. The summed E-state index contributed by atoms with van der Waals surface area (Å²) in [6.07, 6.45) is 3.83. The second-order valence-corrected chi connectivity index (χ2v) is 10.9. The molecule has 0 aliphatic rings. The molecule has 7 heteroatoms. The molecule has 0 fully saturated rings. The van der Waals surface area contributed by atoms with Crippen LogP contribution < -0.4 is 4.90 Å². The van der Waals surface area contributed by atoms with E-state index in [1.807, 2.05) is 55.1 Å². The normalized spacial score (nSPS) is 11.3. The number of hydrogen-bond acceptors (Lipinski definition) is 5. The van der Waals surface area contributed by atoms with Crippen LogP contribution in [0.15, 0.2) is 65.8 Å². The Balaban J connectivity index is 1.63. The molecule has 4 nitrogen and oxygen atoms in total. The lowest BCUT2D eigenvalue weighted by molar-refractivity contribution is -0.118. The van der Waals surface area contributed by atoms with E-state index in [4.69, 9.17) is 16.6 Å². The van der Waals surface area contributed by atoms with E-state index in [0.717, 1.165) is 26.9 Å². The van der Waals surface area contributed by atoms with Gasteiger partial charge in [0.25, 0.3) is 0 Å². The molecule has 0 radical (unpaired) electrons. The Labute approximate surface area is 201 Å². The maximum absolute atomic E-state index is 13.4. The molecule has 0 aliphatic heterocycles. The maximum Gasteiger partial charge on any atom is 0.233 e. The van der Waals surface area contributed by atoms with Crippen LogP contribution in [0.5, 0.6) is 0 Å². The number of thioether (sulfide) groups is 1. The third kappa shape index (κ3) is 5.31. The SMILES string of the molecule is Cc1c(Cl)ccc2sc(N(Cc3cccnc3)C(=O)Cc3ccc(SC(C)C)cc3)nc12. The van der Waals surface area contributed by atoms with Crippen molar-refractivity contribution in [2.24, 2.45) is 0 Å². The van der Waals surface area contributed by atoms with Crippen LogP contribution in [-0.2, 0) is 17.8 Å². The number of carbonyl (C=O) groups excluding carboxylic acids is 1. The van der Waals surface area contributed by atoms with Crippen molar-refractivity contribution in [1.82, 2.24) is 9.97 Å². The van der Waals surface area contributed by atoms with Gasteiger partial charge < -0.3 is 0 Å². The van der Waals surface area contributed by atoms with E-state index in [9.17, 15) is 4.79 Å². The summed E-state index contributed by atoms with van der Waals surface area (Å²) in [6, 6.07) is 15.9. The van der Waals surface area contributed by atoms with Crippen LogP contribution in [0.1, 0.15) is 30.5 Å². The highest BCUT2D eigenvalue weighted by Gasteiger charge is 2.21. The van der Waals surface area contributed by atoms with Crippen molar-refractivity contribution >= 4 is 56.0 Å². The lowest BCUT2D eigenvalue weighted by Gasteiger charge is -2.20. The Morgan fingerprint density at radius 2 is 1.91 bits per heavy atom. The van der Waals surface area contributed by atoms with E-state index >= 15 is 0 Å². The largest absolute Gasteiger partial charge is 0.283 e. The van der Waals surface area contributed by atoms with Gasteiger partial charge in [0, 0.05) is 27.6 Å². The number of hydrogen-bond donors (Lipinski definition) is 0. The van der Waals surface area contributed by atoms with E-state index in [0.29, 0.717) is 28.4 Å². The quantitative estimate of drug-likeness (QED) is 0.268. The first-order valence-corrected chi connectivity index (χ1v) is 12.5. The molecule has 0 spiro atoms. The lowest BCUT2D eigenvalue weighted by Crippen LogP contribution is -2.31. The van der Waals surface area contributed by atoms with Crippen molar-refractivity contribution in [3.05, 3.63) is 82.6 Å². The predicted octanol–water partition coefficient (Wildman–Crippen LogP) is 6.93. The van der Waals surface area contributed by atoms with Crippen molar-refractivity contribution < 1.29 is 4.79 Å². The van der Waals surface area contributed by atoms with Crippen LogP contribution in [0.4, 0.5) is 5.13 Å². The van der Waals surface area contributed by atoms with Crippen LogP contribution >= 0.6 is 34.7 Å². The van der Waals surface area contributed by atoms with E-state index in [1.54, 1.807) is 17.3 Å². The molecule has 0 saturated heterocycles. The standard InChI is InChI=1S/C25H24ClN3OS2/c1-16(2)31-20-8-6-18(7-9-20)13-23(30)29(15-19-5-4-12-27-14-19)25-28-24-17(3)21(26)10-11-22(24)32-25/h4-12,14,16H,13,15H2,1-3H3. The van der Waals surface area contributed by atoms with E-state index in [-0.39, 0.29) is 5.91 Å². The van der Waals surface area contributed by atoms with Crippen LogP contribution in [0, 0.1) is 6.92 Å². The van der Waals surface area contributed by atoms with Crippen LogP contribution in [-0.4, -0.2) is 21.1 Å². The van der Waals surface area contributed by atoms with Crippen molar-refractivity contribution in [2.45, 2.75) is 43.9 Å². The number of aromatic nitrogens is 2. The molecular formula is C25H24ClN3OS2. The zero-order valence-corrected chi connectivity index (χ0v) is 20.6. The van der Waals surface area contributed by atoms with Crippen molar-refractivity contribution in [3.8, 4) is 0 Å². The lowest BCUT2D eigenvalue weighted by atomic mass is 10.1. The fraction of sp³-hybridized carbons (Fsp3) is 0.240. The minimum Gasteiger partial charge on any atom is -0.283 e. The number of carbonyl (C=O) groups is 1. The summed E-state index contributed by atoms with van der Waals surface area (Å²) in [7, 11) is 0. The number of amides is 1. The first-order chi connectivity index (χ1) is 15.4. The fourth-order valence-electron chi connectivity index (χ4n) is 3.37. The summed E-state index contributed by atoms with van der Waals surface area (Å²) in [5.74, 6) is 0.000854. The number of fused-ring (bicyclic) bond motifs is 1. The topological polar surface area (TPSA) is 46.1 Å². The van der Waals surface area contributed by atoms with Gasteiger partial charge in [-0.1, -0.05) is 55.0 Å².